The Morgan fingerprint density at radius 1 is 1.22 bits per heavy atom. The second kappa shape index (κ2) is 8.00. The molecule has 0 spiro atoms. The van der Waals surface area contributed by atoms with Gasteiger partial charge >= 0.3 is 0 Å². The van der Waals surface area contributed by atoms with E-state index in [1.165, 1.54) is 4.90 Å². The second-order valence-corrected chi connectivity index (χ2v) is 5.47. The summed E-state index contributed by atoms with van der Waals surface area (Å²) in [5.41, 5.74) is -2.11. The smallest absolute Gasteiger partial charge is 0.292 e. The van der Waals surface area contributed by atoms with Gasteiger partial charge in [0.15, 0.2) is 5.44 Å². The first-order valence-electron chi connectivity index (χ1n) is 5.57. The van der Waals surface area contributed by atoms with Gasteiger partial charge in [0.1, 0.15) is 6.23 Å². The van der Waals surface area contributed by atoms with Crippen LogP contribution in [0, 0.1) is 0 Å². The van der Waals surface area contributed by atoms with Crippen LogP contribution in [0.25, 0.3) is 0 Å². The average Bonchev–Trinajstić information content (AvgIpc) is 2.28. The summed E-state index contributed by atoms with van der Waals surface area (Å²) in [5.74, 6) is 0. The Morgan fingerprint density at radius 2 is 1.78 bits per heavy atom. The van der Waals surface area contributed by atoms with Crippen LogP contribution in [0.1, 0.15) is 19.8 Å². The fourth-order valence-electron chi connectivity index (χ4n) is 1.60. The van der Waals surface area contributed by atoms with E-state index in [4.69, 9.17) is 19.9 Å². The third kappa shape index (κ3) is 5.57. The van der Waals surface area contributed by atoms with E-state index in [9.17, 15) is 13.5 Å². The van der Waals surface area contributed by atoms with Gasteiger partial charge in [-0.1, -0.05) is 6.92 Å². The minimum Gasteiger partial charge on any atom is -0.395 e. The predicted octanol–water partition coefficient (Wildman–Crippen LogP) is -2.03. The molecule has 110 valence electrons. The van der Waals surface area contributed by atoms with Gasteiger partial charge < -0.3 is 20.4 Å². The summed E-state index contributed by atoms with van der Waals surface area (Å²) in [6.07, 6.45) is -1.56. The highest BCUT2D eigenvalue weighted by Gasteiger charge is 2.29. The molecule has 0 aromatic rings. The molecule has 9 heteroatoms. The molecule has 8 nitrogen and oxygen atoms in total. The van der Waals surface area contributed by atoms with E-state index in [2.05, 4.69) is 0 Å². The third-order valence-electron chi connectivity index (χ3n) is 2.65. The molecule has 0 rings (SSSR count). The van der Waals surface area contributed by atoms with Crippen LogP contribution in [-0.2, 0) is 10.1 Å². The van der Waals surface area contributed by atoms with Crippen molar-refractivity contribution in [3.63, 3.8) is 0 Å². The van der Waals surface area contributed by atoms with Crippen molar-refractivity contribution in [1.29, 1.82) is 0 Å². The normalized spacial score (nSPS) is 17.7. The zero-order valence-electron chi connectivity index (χ0n) is 10.2. The third-order valence-corrected chi connectivity index (χ3v) is 3.53. The highest BCUT2D eigenvalue weighted by Crippen LogP contribution is 2.13. The Morgan fingerprint density at radius 3 is 2.11 bits per heavy atom. The lowest BCUT2D eigenvalue weighted by atomic mass is 10.2. The van der Waals surface area contributed by atoms with Crippen LogP contribution in [0.3, 0.4) is 0 Å². The molecule has 3 atom stereocenters. The molecule has 0 radical (unpaired) electrons. The van der Waals surface area contributed by atoms with E-state index in [1.54, 1.807) is 6.92 Å². The number of hydrogen-bond donors (Lipinski definition) is 5. The van der Waals surface area contributed by atoms with Gasteiger partial charge in [0.05, 0.1) is 13.2 Å². The Hall–Kier alpha value is -0.290. The molecular weight excluding hydrogens is 266 g/mol. The van der Waals surface area contributed by atoms with Crippen molar-refractivity contribution in [2.24, 2.45) is 0 Å². The first-order chi connectivity index (χ1) is 8.27. The van der Waals surface area contributed by atoms with E-state index in [1.807, 2.05) is 0 Å². The molecule has 0 saturated carbocycles. The summed E-state index contributed by atoms with van der Waals surface area (Å²) in [5, 5.41) is 36.9. The maximum Gasteiger partial charge on any atom is 0.292 e. The molecule has 0 heterocycles. The Bertz CT molecular complexity index is 317. The summed E-state index contributed by atoms with van der Waals surface area (Å²) < 4.78 is 29.9. The molecule has 0 aliphatic rings. The van der Waals surface area contributed by atoms with Crippen molar-refractivity contribution in [3.05, 3.63) is 0 Å². The van der Waals surface area contributed by atoms with Crippen LogP contribution in [0.5, 0.6) is 0 Å². The van der Waals surface area contributed by atoms with Crippen molar-refractivity contribution >= 4 is 10.1 Å². The van der Waals surface area contributed by atoms with Gasteiger partial charge in [-0.15, -0.1) is 0 Å². The van der Waals surface area contributed by atoms with Gasteiger partial charge in [-0.05, 0) is 6.42 Å². The summed E-state index contributed by atoms with van der Waals surface area (Å²) in [6, 6.07) is -0.472. The molecule has 0 fully saturated rings. The van der Waals surface area contributed by atoms with Crippen molar-refractivity contribution in [2.75, 3.05) is 19.8 Å². The van der Waals surface area contributed by atoms with Crippen molar-refractivity contribution in [2.45, 2.75) is 37.5 Å². The van der Waals surface area contributed by atoms with Crippen molar-refractivity contribution < 1.29 is 33.4 Å². The van der Waals surface area contributed by atoms with E-state index < -0.39 is 34.2 Å². The van der Waals surface area contributed by atoms with Crippen molar-refractivity contribution in [1.82, 2.24) is 4.90 Å². The lowest BCUT2D eigenvalue weighted by Crippen LogP contribution is -2.48. The van der Waals surface area contributed by atoms with Gasteiger partial charge in [-0.25, -0.2) is 0 Å². The zero-order valence-corrected chi connectivity index (χ0v) is 11.0. The predicted molar refractivity (Wildman–Crippen MR) is 63.1 cm³/mol. The lowest BCUT2D eigenvalue weighted by molar-refractivity contribution is -0.0624. The van der Waals surface area contributed by atoms with E-state index in [-0.39, 0.29) is 19.8 Å². The maximum absolute atomic E-state index is 10.6. The molecule has 3 unspecified atom stereocenters. The Labute approximate surface area is 106 Å². The first-order valence-corrected chi connectivity index (χ1v) is 7.08. The van der Waals surface area contributed by atoms with Crippen LogP contribution in [0.4, 0.5) is 0 Å². The summed E-state index contributed by atoms with van der Waals surface area (Å²) in [6.45, 7) is 1.18. The van der Waals surface area contributed by atoms with Gasteiger partial charge in [0.2, 0.25) is 0 Å². The van der Waals surface area contributed by atoms with Crippen LogP contribution < -0.4 is 0 Å². The van der Waals surface area contributed by atoms with E-state index in [0.717, 1.165) is 0 Å². The molecule has 5 N–H and O–H groups in total. The molecule has 0 aromatic heterocycles. The van der Waals surface area contributed by atoms with Gasteiger partial charge in [-0.2, -0.15) is 8.42 Å². The monoisotopic (exact) mass is 287 g/mol. The average molecular weight is 287 g/mol. The lowest BCUT2D eigenvalue weighted by Gasteiger charge is -2.34. The van der Waals surface area contributed by atoms with Crippen LogP contribution in [0.15, 0.2) is 0 Å². The van der Waals surface area contributed by atoms with Crippen LogP contribution >= 0.6 is 0 Å². The number of hydrogen-bond acceptors (Lipinski definition) is 7. The highest BCUT2D eigenvalue weighted by atomic mass is 32.2. The van der Waals surface area contributed by atoms with Crippen LogP contribution in [-0.4, -0.2) is 75.8 Å². The largest absolute Gasteiger partial charge is 0.395 e. The van der Waals surface area contributed by atoms with Gasteiger partial charge in [0.25, 0.3) is 10.1 Å². The zero-order chi connectivity index (χ0) is 14.3. The molecule has 0 amide bonds. The van der Waals surface area contributed by atoms with E-state index in [0.29, 0.717) is 6.42 Å². The quantitative estimate of drug-likeness (QED) is 0.242. The maximum atomic E-state index is 10.6. The van der Waals surface area contributed by atoms with Crippen molar-refractivity contribution in [3.8, 4) is 0 Å². The number of aliphatic hydroxyl groups is 4. The highest BCUT2D eigenvalue weighted by molar-refractivity contribution is 7.86. The fourth-order valence-corrected chi connectivity index (χ4v) is 2.01. The summed E-state index contributed by atoms with van der Waals surface area (Å²) >= 11 is 0. The van der Waals surface area contributed by atoms with E-state index >= 15 is 0 Å². The molecule has 18 heavy (non-hydrogen) atoms. The molecular formula is C9H21NO7S. The molecule has 0 aliphatic heterocycles. The van der Waals surface area contributed by atoms with Crippen LogP contribution in [0.2, 0.25) is 0 Å². The molecule has 0 bridgehead atoms. The number of aliphatic hydroxyl groups excluding tert-OH is 4. The molecule has 0 saturated heterocycles. The Balaban J connectivity index is 4.71. The Kier molecular flexibility index (Phi) is 7.87. The second-order valence-electron chi connectivity index (χ2n) is 3.89. The minimum atomic E-state index is -4.64. The number of nitrogens with zero attached hydrogens (tertiary/aromatic N) is 1. The number of rotatable bonds is 9. The molecule has 0 aliphatic carbocycles. The SMILES string of the molecule is CCC(CO)N(CCO)C(O)CC(O)S(=O)(=O)O. The van der Waals surface area contributed by atoms with Gasteiger partial charge in [-0.3, -0.25) is 9.45 Å². The van der Waals surface area contributed by atoms with Gasteiger partial charge in [0, 0.05) is 19.0 Å². The standard InChI is InChI=1S/C9H21NO7S/c1-2-7(6-12)10(3-4-11)8(13)5-9(14)18(15,16)17/h7-9,11-14H,2-6H2,1H3,(H,15,16,17). The fraction of sp³-hybridized carbons (Fsp3) is 1.00. The summed E-state index contributed by atoms with van der Waals surface area (Å²) in [4.78, 5) is 1.27. The first kappa shape index (κ1) is 17.7. The minimum absolute atomic E-state index is 0.0123. The molecule has 0 aromatic carbocycles. The topological polar surface area (TPSA) is 139 Å². The summed E-state index contributed by atoms with van der Waals surface area (Å²) in [7, 11) is -4.64.